The molecule has 0 aromatic rings. The molecule has 0 bridgehead atoms. The van der Waals surface area contributed by atoms with E-state index in [0.717, 1.165) is 0 Å². The molecule has 0 spiro atoms. The van der Waals surface area contributed by atoms with Gasteiger partial charge in [0, 0.05) is 5.57 Å². The first kappa shape index (κ1) is 12.0. The van der Waals surface area contributed by atoms with Crippen LogP contribution >= 0.6 is 0 Å². The number of carbonyl (C=O) groups is 2. The molecule has 0 rings (SSSR count). The summed E-state index contributed by atoms with van der Waals surface area (Å²) in [4.78, 5) is 19.7. The van der Waals surface area contributed by atoms with Crippen LogP contribution in [-0.4, -0.2) is 41.0 Å². The minimum absolute atomic E-state index is 0. The van der Waals surface area contributed by atoms with Gasteiger partial charge in [0.25, 0.3) is 0 Å². The molecule has 0 aromatic heterocycles. The standard InChI is InChI=1S/C5H6O4.Li.H/c1-3(5(8)9)2-4(6)7;;/h1-2H2,(H,6,7)(H,8,9);;. The van der Waals surface area contributed by atoms with E-state index in [0.29, 0.717) is 0 Å². The van der Waals surface area contributed by atoms with Crippen molar-refractivity contribution in [3.05, 3.63) is 12.2 Å². The van der Waals surface area contributed by atoms with Gasteiger partial charge in [0.1, 0.15) is 0 Å². The summed E-state index contributed by atoms with van der Waals surface area (Å²) >= 11 is 0. The van der Waals surface area contributed by atoms with Crippen LogP contribution < -0.4 is 0 Å². The molecule has 0 amide bonds. The third-order valence-electron chi connectivity index (χ3n) is 0.667. The van der Waals surface area contributed by atoms with Gasteiger partial charge < -0.3 is 10.2 Å². The van der Waals surface area contributed by atoms with Gasteiger partial charge in [-0.3, -0.25) is 4.79 Å². The Balaban J connectivity index is 0. The quantitative estimate of drug-likeness (QED) is 0.405. The van der Waals surface area contributed by atoms with Crippen molar-refractivity contribution in [3.8, 4) is 0 Å². The van der Waals surface area contributed by atoms with E-state index in [1.807, 2.05) is 0 Å². The number of rotatable bonds is 3. The van der Waals surface area contributed by atoms with Gasteiger partial charge in [-0.25, -0.2) is 4.79 Å². The fraction of sp³-hybridized carbons (Fsp3) is 0.200. The van der Waals surface area contributed by atoms with Crippen LogP contribution in [0.2, 0.25) is 0 Å². The predicted octanol–water partition coefficient (Wildman–Crippen LogP) is -0.547. The van der Waals surface area contributed by atoms with Crippen LogP contribution in [0.3, 0.4) is 0 Å². The van der Waals surface area contributed by atoms with Gasteiger partial charge in [-0.15, -0.1) is 0 Å². The molecular formula is C5H7LiO4. The Morgan fingerprint density at radius 3 is 1.80 bits per heavy atom. The SMILES string of the molecule is C=C(CC(=O)O)C(=O)O.[LiH]. The molecule has 4 nitrogen and oxygen atoms in total. The summed E-state index contributed by atoms with van der Waals surface area (Å²) in [5.41, 5.74) is -0.303. The zero-order chi connectivity index (χ0) is 7.44. The molecule has 52 valence electrons. The summed E-state index contributed by atoms with van der Waals surface area (Å²) in [5, 5.41) is 16.1. The first-order chi connectivity index (χ1) is 4.04. The molecule has 0 saturated heterocycles. The molecule has 5 heteroatoms. The Morgan fingerprint density at radius 2 is 1.70 bits per heavy atom. The Bertz CT molecular complexity index is 163. The van der Waals surface area contributed by atoms with Crippen molar-refractivity contribution < 1.29 is 19.8 Å². The molecule has 0 atom stereocenters. The summed E-state index contributed by atoms with van der Waals surface area (Å²) in [5.74, 6) is -2.44. The molecule has 0 heterocycles. The normalized spacial score (nSPS) is 7.60. The topological polar surface area (TPSA) is 74.6 Å². The third-order valence-corrected chi connectivity index (χ3v) is 0.667. The van der Waals surface area contributed by atoms with Gasteiger partial charge in [0.2, 0.25) is 0 Å². The monoisotopic (exact) mass is 138 g/mol. The van der Waals surface area contributed by atoms with Crippen molar-refractivity contribution in [3.63, 3.8) is 0 Å². The van der Waals surface area contributed by atoms with Crippen LogP contribution in [0, 0.1) is 0 Å². The average molecular weight is 138 g/mol. The average Bonchev–Trinajstić information content (AvgIpc) is 1.63. The molecule has 10 heavy (non-hydrogen) atoms. The summed E-state index contributed by atoms with van der Waals surface area (Å²) < 4.78 is 0. The van der Waals surface area contributed by atoms with Crippen LogP contribution in [0.1, 0.15) is 6.42 Å². The van der Waals surface area contributed by atoms with Gasteiger partial charge in [0.15, 0.2) is 0 Å². The second-order valence-electron chi connectivity index (χ2n) is 1.48. The number of hydrogen-bond donors (Lipinski definition) is 2. The number of carboxylic acid groups (broad SMARTS) is 2. The van der Waals surface area contributed by atoms with E-state index >= 15 is 0 Å². The molecule has 0 radical (unpaired) electrons. The van der Waals surface area contributed by atoms with Crippen molar-refractivity contribution in [1.29, 1.82) is 0 Å². The van der Waals surface area contributed by atoms with Crippen molar-refractivity contribution in [2.75, 3.05) is 0 Å². The molecular weight excluding hydrogens is 131 g/mol. The third kappa shape index (κ3) is 5.41. The molecule has 0 fully saturated rings. The van der Waals surface area contributed by atoms with Crippen molar-refractivity contribution in [2.24, 2.45) is 0 Å². The first-order valence-corrected chi connectivity index (χ1v) is 2.17. The van der Waals surface area contributed by atoms with Crippen LogP contribution in [-0.2, 0) is 9.59 Å². The Kier molecular flexibility index (Phi) is 6.11. The number of carboxylic acids is 2. The van der Waals surface area contributed by atoms with Crippen LogP contribution in [0.15, 0.2) is 12.2 Å². The second kappa shape index (κ2) is 5.09. The molecule has 0 aliphatic heterocycles. The van der Waals surface area contributed by atoms with Crippen molar-refractivity contribution in [1.82, 2.24) is 0 Å². The molecule has 2 N–H and O–H groups in total. The van der Waals surface area contributed by atoms with E-state index < -0.39 is 18.4 Å². The van der Waals surface area contributed by atoms with Crippen molar-refractivity contribution >= 4 is 30.8 Å². The van der Waals surface area contributed by atoms with Gasteiger partial charge in [-0.05, 0) is 0 Å². The van der Waals surface area contributed by atoms with Crippen LogP contribution in [0.5, 0.6) is 0 Å². The fourth-order valence-corrected chi connectivity index (χ4v) is 0.258. The van der Waals surface area contributed by atoms with Crippen LogP contribution in [0.4, 0.5) is 0 Å². The minimum atomic E-state index is -1.27. The van der Waals surface area contributed by atoms with E-state index in [1.54, 1.807) is 0 Å². The Hall–Kier alpha value is -0.723. The summed E-state index contributed by atoms with van der Waals surface area (Å²) in [6.07, 6.45) is -0.505. The van der Waals surface area contributed by atoms with Crippen molar-refractivity contribution in [2.45, 2.75) is 6.42 Å². The van der Waals surface area contributed by atoms with Crippen LogP contribution in [0.25, 0.3) is 0 Å². The fourth-order valence-electron chi connectivity index (χ4n) is 0.258. The van der Waals surface area contributed by atoms with Gasteiger partial charge in [-0.1, -0.05) is 6.58 Å². The maximum atomic E-state index is 9.87. The Morgan fingerprint density at radius 1 is 1.30 bits per heavy atom. The van der Waals surface area contributed by atoms with E-state index in [-0.39, 0.29) is 24.4 Å². The Labute approximate surface area is 69.7 Å². The summed E-state index contributed by atoms with van der Waals surface area (Å²) in [6.45, 7) is 3.01. The molecule has 0 aliphatic rings. The van der Waals surface area contributed by atoms with E-state index in [1.165, 1.54) is 0 Å². The summed E-state index contributed by atoms with van der Waals surface area (Å²) in [6, 6.07) is 0. The summed E-state index contributed by atoms with van der Waals surface area (Å²) in [7, 11) is 0. The maximum absolute atomic E-state index is 9.87. The van der Waals surface area contributed by atoms with Gasteiger partial charge >= 0.3 is 30.8 Å². The van der Waals surface area contributed by atoms with E-state index in [9.17, 15) is 9.59 Å². The zero-order valence-corrected chi connectivity index (χ0v) is 4.63. The number of hydrogen-bond acceptors (Lipinski definition) is 2. The predicted molar refractivity (Wildman–Crippen MR) is 36.2 cm³/mol. The molecule has 0 aliphatic carbocycles. The second-order valence-corrected chi connectivity index (χ2v) is 1.48. The van der Waals surface area contributed by atoms with Gasteiger partial charge in [-0.2, -0.15) is 0 Å². The van der Waals surface area contributed by atoms with Gasteiger partial charge in [0.05, 0.1) is 6.42 Å². The molecule has 0 unspecified atom stereocenters. The van der Waals surface area contributed by atoms with E-state index in [4.69, 9.17) is 10.2 Å². The zero-order valence-electron chi connectivity index (χ0n) is 4.63. The first-order valence-electron chi connectivity index (χ1n) is 2.17. The molecule has 0 saturated carbocycles. The number of aliphatic carboxylic acids is 2. The molecule has 0 aromatic carbocycles. The van der Waals surface area contributed by atoms with E-state index in [2.05, 4.69) is 6.58 Å².